The lowest BCUT2D eigenvalue weighted by Gasteiger charge is -2.26. The summed E-state index contributed by atoms with van der Waals surface area (Å²) in [7, 11) is -3.79. The summed E-state index contributed by atoms with van der Waals surface area (Å²) in [5, 5.41) is 13.6. The molecule has 9 nitrogen and oxygen atoms in total. The molecule has 0 saturated carbocycles. The lowest BCUT2D eigenvalue weighted by atomic mass is 10.1. The van der Waals surface area contributed by atoms with Crippen molar-refractivity contribution in [2.24, 2.45) is 0 Å². The fourth-order valence-electron chi connectivity index (χ4n) is 2.86. The third kappa shape index (κ3) is 4.56. The molecule has 0 aromatic heterocycles. The Labute approximate surface area is 172 Å². The normalized spacial score (nSPS) is 15.1. The molecule has 0 radical (unpaired) electrons. The maximum absolute atomic E-state index is 13.0. The number of nitro benzene ring substituents is 1. The van der Waals surface area contributed by atoms with Crippen molar-refractivity contribution < 1.29 is 22.9 Å². The van der Waals surface area contributed by atoms with Crippen molar-refractivity contribution in [3.8, 4) is 0 Å². The molecule has 0 spiro atoms. The number of carbonyl (C=O) groups excluding carboxylic acids is 1. The minimum Gasteiger partial charge on any atom is -0.379 e. The molecule has 1 aliphatic heterocycles. The molecule has 3 rings (SSSR count). The van der Waals surface area contributed by atoms with E-state index in [0.717, 1.165) is 6.07 Å². The van der Waals surface area contributed by atoms with Gasteiger partial charge in [-0.1, -0.05) is 17.7 Å². The Morgan fingerprint density at radius 3 is 2.55 bits per heavy atom. The molecule has 0 aliphatic carbocycles. The van der Waals surface area contributed by atoms with Gasteiger partial charge in [0, 0.05) is 30.8 Å². The monoisotopic (exact) mass is 439 g/mol. The number of ether oxygens (including phenoxy) is 1. The van der Waals surface area contributed by atoms with Gasteiger partial charge in [0.25, 0.3) is 11.6 Å². The van der Waals surface area contributed by atoms with Gasteiger partial charge in [0.05, 0.1) is 33.7 Å². The number of nitrogens with one attached hydrogen (secondary N) is 1. The van der Waals surface area contributed by atoms with E-state index in [2.05, 4.69) is 5.32 Å². The minimum absolute atomic E-state index is 0.0252. The molecule has 1 N–H and O–H groups in total. The van der Waals surface area contributed by atoms with Crippen LogP contribution in [0.15, 0.2) is 41.3 Å². The van der Waals surface area contributed by atoms with Crippen LogP contribution in [0.25, 0.3) is 0 Å². The number of benzene rings is 2. The van der Waals surface area contributed by atoms with Gasteiger partial charge in [0.15, 0.2) is 0 Å². The number of amides is 1. The van der Waals surface area contributed by atoms with E-state index in [1.807, 2.05) is 0 Å². The highest BCUT2D eigenvalue weighted by Crippen LogP contribution is 2.28. The summed E-state index contributed by atoms with van der Waals surface area (Å²) in [5.74, 6) is -0.633. The molecule has 1 amide bonds. The second-order valence-corrected chi connectivity index (χ2v) is 8.69. The molecule has 1 heterocycles. The van der Waals surface area contributed by atoms with Crippen LogP contribution in [0.2, 0.25) is 5.02 Å². The Bertz CT molecular complexity index is 1070. The zero-order valence-electron chi connectivity index (χ0n) is 15.4. The van der Waals surface area contributed by atoms with E-state index >= 15 is 0 Å². The van der Waals surface area contributed by atoms with Crippen LogP contribution in [0.1, 0.15) is 15.9 Å². The Morgan fingerprint density at radius 1 is 1.21 bits per heavy atom. The van der Waals surface area contributed by atoms with E-state index in [-0.39, 0.29) is 39.9 Å². The van der Waals surface area contributed by atoms with Crippen LogP contribution in [0.3, 0.4) is 0 Å². The van der Waals surface area contributed by atoms with Crippen LogP contribution < -0.4 is 5.32 Å². The zero-order valence-corrected chi connectivity index (χ0v) is 17.0. The van der Waals surface area contributed by atoms with Crippen molar-refractivity contribution in [1.29, 1.82) is 0 Å². The number of halogens is 1. The number of nitrogens with zero attached hydrogens (tertiary/aromatic N) is 2. The lowest BCUT2D eigenvalue weighted by molar-refractivity contribution is -0.384. The van der Waals surface area contributed by atoms with Gasteiger partial charge in [0.2, 0.25) is 10.0 Å². The Balaban J connectivity index is 1.90. The quantitative estimate of drug-likeness (QED) is 0.565. The maximum Gasteiger partial charge on any atom is 0.271 e. The van der Waals surface area contributed by atoms with Crippen molar-refractivity contribution in [2.45, 2.75) is 11.8 Å². The molecule has 11 heteroatoms. The van der Waals surface area contributed by atoms with Crippen LogP contribution in [0, 0.1) is 17.0 Å². The summed E-state index contributed by atoms with van der Waals surface area (Å²) in [6.45, 7) is 2.74. The van der Waals surface area contributed by atoms with Crippen LogP contribution >= 0.6 is 11.6 Å². The predicted molar refractivity (Wildman–Crippen MR) is 107 cm³/mol. The van der Waals surface area contributed by atoms with E-state index in [0.29, 0.717) is 18.8 Å². The summed E-state index contributed by atoms with van der Waals surface area (Å²) in [6.07, 6.45) is 0. The highest BCUT2D eigenvalue weighted by molar-refractivity contribution is 7.89. The van der Waals surface area contributed by atoms with Gasteiger partial charge in [-0.25, -0.2) is 8.42 Å². The van der Waals surface area contributed by atoms with E-state index in [1.165, 1.54) is 34.6 Å². The van der Waals surface area contributed by atoms with Gasteiger partial charge >= 0.3 is 0 Å². The van der Waals surface area contributed by atoms with Crippen LogP contribution in [-0.2, 0) is 14.8 Å². The number of anilines is 1. The Morgan fingerprint density at radius 2 is 1.90 bits per heavy atom. The van der Waals surface area contributed by atoms with Crippen molar-refractivity contribution in [3.63, 3.8) is 0 Å². The second-order valence-electron chi connectivity index (χ2n) is 6.37. The number of morpholine rings is 1. The summed E-state index contributed by atoms with van der Waals surface area (Å²) >= 11 is 6.01. The highest BCUT2D eigenvalue weighted by atomic mass is 35.5. The highest BCUT2D eigenvalue weighted by Gasteiger charge is 2.28. The molecule has 2 aromatic carbocycles. The lowest BCUT2D eigenvalue weighted by Crippen LogP contribution is -2.40. The van der Waals surface area contributed by atoms with Crippen molar-refractivity contribution in [3.05, 3.63) is 62.7 Å². The van der Waals surface area contributed by atoms with Gasteiger partial charge in [-0.15, -0.1) is 0 Å². The topological polar surface area (TPSA) is 119 Å². The smallest absolute Gasteiger partial charge is 0.271 e. The van der Waals surface area contributed by atoms with E-state index in [1.54, 1.807) is 6.92 Å². The predicted octanol–water partition coefficient (Wildman–Crippen LogP) is 2.83. The van der Waals surface area contributed by atoms with Gasteiger partial charge in [-0.05, 0) is 30.7 Å². The molecule has 0 atom stereocenters. The zero-order chi connectivity index (χ0) is 21.2. The number of non-ortho nitro benzene ring substituents is 1. The number of sulfonamides is 1. The molecule has 0 unspecified atom stereocenters. The summed E-state index contributed by atoms with van der Waals surface area (Å²) in [6, 6.07) is 7.97. The number of aryl methyl sites for hydroxylation is 1. The molecule has 2 aromatic rings. The molecular formula is C18H18ClN3O6S. The first-order valence-corrected chi connectivity index (χ1v) is 10.5. The van der Waals surface area contributed by atoms with E-state index in [4.69, 9.17) is 16.3 Å². The number of hydrogen-bond donors (Lipinski definition) is 1. The summed E-state index contributed by atoms with van der Waals surface area (Å²) < 4.78 is 32.4. The largest absolute Gasteiger partial charge is 0.379 e. The number of hydrogen-bond acceptors (Lipinski definition) is 6. The fourth-order valence-corrected chi connectivity index (χ4v) is 4.69. The molecule has 0 bridgehead atoms. The van der Waals surface area contributed by atoms with E-state index in [9.17, 15) is 23.3 Å². The molecule has 1 saturated heterocycles. The third-order valence-electron chi connectivity index (χ3n) is 4.45. The van der Waals surface area contributed by atoms with E-state index < -0.39 is 20.9 Å². The standard InChI is InChI=1S/C18H18ClN3O6S/c1-12-2-3-13(10-17(12)29(26,27)21-6-8-28-9-7-21)18(23)20-16-11-14(22(24)25)4-5-15(16)19/h2-5,10-11H,6-9H2,1H3,(H,20,23). The first-order chi connectivity index (χ1) is 13.7. The SMILES string of the molecule is Cc1ccc(C(=O)Nc2cc([N+](=O)[O-])ccc2Cl)cc1S(=O)(=O)N1CCOCC1. The van der Waals surface area contributed by atoms with Gasteiger partial charge in [-0.2, -0.15) is 4.31 Å². The van der Waals surface area contributed by atoms with Crippen molar-refractivity contribution >= 4 is 38.9 Å². The second kappa shape index (κ2) is 8.46. The average molecular weight is 440 g/mol. The third-order valence-corrected chi connectivity index (χ3v) is 6.82. The Hall–Kier alpha value is -2.53. The molecule has 1 aliphatic rings. The van der Waals surface area contributed by atoms with Crippen LogP contribution in [0.5, 0.6) is 0 Å². The van der Waals surface area contributed by atoms with Gasteiger partial charge in [0.1, 0.15) is 0 Å². The molecular weight excluding hydrogens is 422 g/mol. The van der Waals surface area contributed by atoms with Crippen LogP contribution in [0.4, 0.5) is 11.4 Å². The molecule has 1 fully saturated rings. The van der Waals surface area contributed by atoms with Crippen LogP contribution in [-0.4, -0.2) is 49.9 Å². The first kappa shape index (κ1) is 21.2. The summed E-state index contributed by atoms with van der Waals surface area (Å²) in [4.78, 5) is 23.0. The first-order valence-electron chi connectivity index (χ1n) is 8.64. The molecule has 154 valence electrons. The minimum atomic E-state index is -3.79. The summed E-state index contributed by atoms with van der Waals surface area (Å²) in [5.41, 5.74) is 0.416. The fraction of sp³-hybridized carbons (Fsp3) is 0.278. The maximum atomic E-state index is 13.0. The number of rotatable bonds is 5. The van der Waals surface area contributed by atoms with Gasteiger partial charge < -0.3 is 10.1 Å². The number of nitro groups is 1. The van der Waals surface area contributed by atoms with Crippen molar-refractivity contribution in [1.82, 2.24) is 4.31 Å². The Kier molecular flexibility index (Phi) is 6.18. The average Bonchev–Trinajstić information content (AvgIpc) is 2.70. The number of carbonyl (C=O) groups is 1. The molecule has 29 heavy (non-hydrogen) atoms. The van der Waals surface area contributed by atoms with Gasteiger partial charge in [-0.3, -0.25) is 14.9 Å². The van der Waals surface area contributed by atoms with Crippen molar-refractivity contribution in [2.75, 3.05) is 31.6 Å².